The quantitative estimate of drug-likeness (QED) is 0.834. The van der Waals surface area contributed by atoms with Crippen LogP contribution >= 0.6 is 0 Å². The molecule has 2 rings (SSSR count). The number of aromatic nitrogens is 1. The fourth-order valence-corrected chi connectivity index (χ4v) is 2.45. The van der Waals surface area contributed by atoms with Crippen molar-refractivity contribution in [2.24, 2.45) is 17.6 Å². The number of aromatic amines is 1. The van der Waals surface area contributed by atoms with Crippen LogP contribution in [0.3, 0.4) is 0 Å². The molecule has 0 aliphatic carbocycles. The smallest absolute Gasteiger partial charge is 0.220 e. The van der Waals surface area contributed by atoms with Crippen molar-refractivity contribution < 1.29 is 4.79 Å². The van der Waals surface area contributed by atoms with Crippen molar-refractivity contribution in [2.75, 3.05) is 0 Å². The lowest BCUT2D eigenvalue weighted by Crippen LogP contribution is -2.27. The summed E-state index contributed by atoms with van der Waals surface area (Å²) in [6.07, 6.45) is 3.73. The van der Waals surface area contributed by atoms with Gasteiger partial charge in [0.2, 0.25) is 5.91 Å². The van der Waals surface area contributed by atoms with E-state index in [4.69, 9.17) is 5.73 Å². The van der Waals surface area contributed by atoms with Gasteiger partial charge in [-0.25, -0.2) is 0 Å². The Kier molecular flexibility index (Phi) is 3.70. The molecule has 0 fully saturated rings. The van der Waals surface area contributed by atoms with E-state index in [0.717, 1.165) is 18.4 Å². The molecule has 3 N–H and O–H groups in total. The van der Waals surface area contributed by atoms with Crippen molar-refractivity contribution in [3.63, 3.8) is 0 Å². The Morgan fingerprint density at radius 1 is 1.33 bits per heavy atom. The average molecular weight is 244 g/mol. The van der Waals surface area contributed by atoms with Gasteiger partial charge in [-0.15, -0.1) is 0 Å². The number of carbonyl (C=O) groups excluding carboxylic acids is 1. The first-order valence-corrected chi connectivity index (χ1v) is 6.44. The molecular weight excluding hydrogens is 224 g/mol. The van der Waals surface area contributed by atoms with Crippen LogP contribution in [-0.2, 0) is 11.2 Å². The predicted molar refractivity (Wildman–Crippen MR) is 74.1 cm³/mol. The molecule has 1 heterocycles. The van der Waals surface area contributed by atoms with Gasteiger partial charge in [0, 0.05) is 23.0 Å². The van der Waals surface area contributed by atoms with Gasteiger partial charge in [0.15, 0.2) is 0 Å². The van der Waals surface area contributed by atoms with Crippen LogP contribution in [0.25, 0.3) is 10.9 Å². The third kappa shape index (κ3) is 2.55. The van der Waals surface area contributed by atoms with Crippen LogP contribution in [-0.4, -0.2) is 10.9 Å². The number of rotatable bonds is 5. The molecule has 0 aliphatic rings. The van der Waals surface area contributed by atoms with E-state index in [-0.39, 0.29) is 11.8 Å². The van der Waals surface area contributed by atoms with Gasteiger partial charge >= 0.3 is 0 Å². The standard InChI is InChI=1S/C15H20N2O/c1-10(2)12(15(16)18)8-7-11-9-17-14-6-4-3-5-13(11)14/h3-6,9-10,12,17H,7-8H2,1-2H3,(H2,16,18). The maximum absolute atomic E-state index is 11.4. The lowest BCUT2D eigenvalue weighted by molar-refractivity contribution is -0.123. The highest BCUT2D eigenvalue weighted by Gasteiger charge is 2.19. The van der Waals surface area contributed by atoms with E-state index in [0.29, 0.717) is 5.92 Å². The number of amides is 1. The fraction of sp³-hybridized carbons (Fsp3) is 0.400. The van der Waals surface area contributed by atoms with Gasteiger partial charge in [0.25, 0.3) is 0 Å². The zero-order chi connectivity index (χ0) is 13.1. The number of fused-ring (bicyclic) bond motifs is 1. The van der Waals surface area contributed by atoms with E-state index < -0.39 is 0 Å². The number of carbonyl (C=O) groups is 1. The van der Waals surface area contributed by atoms with E-state index in [2.05, 4.69) is 17.1 Å². The van der Waals surface area contributed by atoms with E-state index >= 15 is 0 Å². The van der Waals surface area contributed by atoms with E-state index in [1.54, 1.807) is 0 Å². The normalized spacial score (nSPS) is 13.1. The van der Waals surface area contributed by atoms with E-state index in [1.807, 2.05) is 32.2 Å². The Balaban J connectivity index is 2.12. The number of H-pyrrole nitrogens is 1. The second-order valence-corrected chi connectivity index (χ2v) is 5.15. The summed E-state index contributed by atoms with van der Waals surface area (Å²) in [4.78, 5) is 14.6. The first-order valence-electron chi connectivity index (χ1n) is 6.44. The molecule has 1 aromatic heterocycles. The molecule has 0 aliphatic heterocycles. The predicted octanol–water partition coefficient (Wildman–Crippen LogP) is 2.86. The zero-order valence-corrected chi connectivity index (χ0v) is 10.9. The van der Waals surface area contributed by atoms with Crippen molar-refractivity contribution in [1.82, 2.24) is 4.98 Å². The van der Waals surface area contributed by atoms with Crippen molar-refractivity contribution >= 4 is 16.8 Å². The number of nitrogens with one attached hydrogen (secondary N) is 1. The number of aryl methyl sites for hydroxylation is 1. The number of benzene rings is 1. The summed E-state index contributed by atoms with van der Waals surface area (Å²) >= 11 is 0. The van der Waals surface area contributed by atoms with Gasteiger partial charge in [-0.1, -0.05) is 32.0 Å². The topological polar surface area (TPSA) is 58.9 Å². The van der Waals surface area contributed by atoms with Crippen molar-refractivity contribution in [1.29, 1.82) is 0 Å². The molecule has 2 aromatic rings. The highest BCUT2D eigenvalue weighted by atomic mass is 16.1. The number of nitrogens with two attached hydrogens (primary N) is 1. The highest BCUT2D eigenvalue weighted by molar-refractivity contribution is 5.83. The molecule has 1 aromatic carbocycles. The minimum atomic E-state index is -0.190. The molecule has 1 atom stereocenters. The monoisotopic (exact) mass is 244 g/mol. The first-order chi connectivity index (χ1) is 8.59. The summed E-state index contributed by atoms with van der Waals surface area (Å²) in [6, 6.07) is 8.22. The third-order valence-corrected chi connectivity index (χ3v) is 3.57. The van der Waals surface area contributed by atoms with Crippen LogP contribution in [0.2, 0.25) is 0 Å². The molecule has 0 spiro atoms. The second-order valence-electron chi connectivity index (χ2n) is 5.15. The molecule has 0 saturated carbocycles. The van der Waals surface area contributed by atoms with Crippen molar-refractivity contribution in [2.45, 2.75) is 26.7 Å². The maximum Gasteiger partial charge on any atom is 0.220 e. The van der Waals surface area contributed by atoms with Gasteiger partial charge in [-0.2, -0.15) is 0 Å². The third-order valence-electron chi connectivity index (χ3n) is 3.57. The fourth-order valence-electron chi connectivity index (χ4n) is 2.45. The number of primary amides is 1. The first kappa shape index (κ1) is 12.7. The molecule has 1 amide bonds. The van der Waals surface area contributed by atoms with E-state index in [9.17, 15) is 4.79 Å². The van der Waals surface area contributed by atoms with Gasteiger partial charge in [-0.05, 0) is 30.4 Å². The lowest BCUT2D eigenvalue weighted by Gasteiger charge is -2.16. The Bertz CT molecular complexity index is 542. The van der Waals surface area contributed by atoms with Crippen molar-refractivity contribution in [3.8, 4) is 0 Å². The summed E-state index contributed by atoms with van der Waals surface area (Å²) < 4.78 is 0. The molecule has 0 saturated heterocycles. The molecule has 3 heteroatoms. The Morgan fingerprint density at radius 3 is 2.72 bits per heavy atom. The average Bonchev–Trinajstić information content (AvgIpc) is 2.72. The molecule has 0 radical (unpaired) electrons. The zero-order valence-electron chi connectivity index (χ0n) is 10.9. The van der Waals surface area contributed by atoms with Crippen LogP contribution < -0.4 is 5.73 Å². The number of hydrogen-bond donors (Lipinski definition) is 2. The van der Waals surface area contributed by atoms with Gasteiger partial charge < -0.3 is 10.7 Å². The molecular formula is C15H20N2O. The summed E-state index contributed by atoms with van der Waals surface area (Å²) in [6.45, 7) is 4.09. The number of hydrogen-bond acceptors (Lipinski definition) is 1. The van der Waals surface area contributed by atoms with Crippen LogP contribution in [0.1, 0.15) is 25.8 Å². The van der Waals surface area contributed by atoms with Gasteiger partial charge in [0.1, 0.15) is 0 Å². The van der Waals surface area contributed by atoms with E-state index in [1.165, 1.54) is 10.9 Å². The molecule has 18 heavy (non-hydrogen) atoms. The largest absolute Gasteiger partial charge is 0.369 e. The maximum atomic E-state index is 11.4. The van der Waals surface area contributed by atoms with Crippen LogP contribution in [0.4, 0.5) is 0 Å². The lowest BCUT2D eigenvalue weighted by atomic mass is 9.89. The summed E-state index contributed by atoms with van der Waals surface area (Å²) in [5.41, 5.74) is 7.85. The minimum Gasteiger partial charge on any atom is -0.369 e. The molecule has 1 unspecified atom stereocenters. The van der Waals surface area contributed by atoms with Crippen LogP contribution in [0, 0.1) is 11.8 Å². The van der Waals surface area contributed by atoms with Crippen molar-refractivity contribution in [3.05, 3.63) is 36.0 Å². The van der Waals surface area contributed by atoms with Gasteiger partial charge in [-0.3, -0.25) is 4.79 Å². The highest BCUT2D eigenvalue weighted by Crippen LogP contribution is 2.23. The summed E-state index contributed by atoms with van der Waals surface area (Å²) in [5, 5.41) is 1.24. The SMILES string of the molecule is CC(C)C(CCc1c[nH]c2ccccc12)C(N)=O. The molecule has 0 bridgehead atoms. The molecule has 96 valence electrons. The summed E-state index contributed by atoms with van der Waals surface area (Å²) in [5.74, 6) is 0.0659. The van der Waals surface area contributed by atoms with Crippen LogP contribution in [0.5, 0.6) is 0 Å². The van der Waals surface area contributed by atoms with Gasteiger partial charge in [0.05, 0.1) is 0 Å². The number of para-hydroxylation sites is 1. The Hall–Kier alpha value is -1.77. The van der Waals surface area contributed by atoms with Crippen LogP contribution in [0.15, 0.2) is 30.5 Å². The minimum absolute atomic E-state index is 0.0429. The molecule has 3 nitrogen and oxygen atoms in total. The Labute approximate surface area is 107 Å². The Morgan fingerprint density at radius 2 is 2.06 bits per heavy atom. The second kappa shape index (κ2) is 5.25. The summed E-state index contributed by atoms with van der Waals surface area (Å²) in [7, 11) is 0.